The van der Waals surface area contributed by atoms with Gasteiger partial charge >= 0.3 is 12.2 Å². The van der Waals surface area contributed by atoms with Gasteiger partial charge in [0.2, 0.25) is 0 Å². The normalized spacial score (nSPS) is 17.0. The third-order valence-electron chi connectivity index (χ3n) is 4.70. The maximum atomic E-state index is 12.6. The molecule has 1 fully saturated rings. The van der Waals surface area contributed by atoms with Crippen molar-refractivity contribution in [2.24, 2.45) is 0 Å². The number of urea groups is 1. The van der Waals surface area contributed by atoms with E-state index in [0.717, 1.165) is 30.5 Å². The highest BCUT2D eigenvalue weighted by Crippen LogP contribution is 2.31. The van der Waals surface area contributed by atoms with Gasteiger partial charge in [-0.15, -0.1) is 0 Å². The zero-order chi connectivity index (χ0) is 20.0. The lowest BCUT2D eigenvalue weighted by Crippen LogP contribution is -2.39. The minimum atomic E-state index is -4.32. The van der Waals surface area contributed by atoms with Crippen molar-refractivity contribution in [1.29, 1.82) is 0 Å². The van der Waals surface area contributed by atoms with Crippen LogP contribution in [0.2, 0.25) is 0 Å². The molecule has 1 unspecified atom stereocenters. The Bertz CT molecular complexity index is 763. The molecule has 0 radical (unpaired) electrons. The van der Waals surface area contributed by atoms with Gasteiger partial charge < -0.3 is 15.0 Å². The summed E-state index contributed by atoms with van der Waals surface area (Å²) in [4.78, 5) is 14.4. The summed E-state index contributed by atoms with van der Waals surface area (Å²) in [5, 5.41) is 2.93. The molecule has 4 nitrogen and oxygen atoms in total. The third-order valence-corrected chi connectivity index (χ3v) is 4.70. The Labute approximate surface area is 162 Å². The molecule has 0 aliphatic carbocycles. The second-order valence-corrected chi connectivity index (χ2v) is 6.85. The summed E-state index contributed by atoms with van der Waals surface area (Å²) in [6.07, 6.45) is -2.40. The van der Waals surface area contributed by atoms with Gasteiger partial charge in [0.25, 0.3) is 0 Å². The summed E-state index contributed by atoms with van der Waals surface area (Å²) in [5.74, 6) is 0. The minimum absolute atomic E-state index is 0.0920. The number of nitrogens with zero attached hydrogens (tertiary/aromatic N) is 1. The SMILES string of the molecule is O=C(NCc1ccc(COCC(F)(F)F)cc1)N1CCCC1c1ccccc1. The molecule has 0 saturated carbocycles. The van der Waals surface area contributed by atoms with Gasteiger partial charge in [0, 0.05) is 13.1 Å². The Morgan fingerprint density at radius 2 is 1.75 bits per heavy atom. The van der Waals surface area contributed by atoms with Crippen LogP contribution >= 0.6 is 0 Å². The van der Waals surface area contributed by atoms with E-state index in [-0.39, 0.29) is 18.7 Å². The number of likely N-dealkylation sites (tertiary alicyclic amines) is 1. The first kappa shape index (κ1) is 20.2. The van der Waals surface area contributed by atoms with E-state index in [0.29, 0.717) is 12.1 Å². The second-order valence-electron chi connectivity index (χ2n) is 6.85. The number of ether oxygens (including phenoxy) is 1. The Morgan fingerprint density at radius 3 is 2.43 bits per heavy atom. The van der Waals surface area contributed by atoms with Gasteiger partial charge in [0.1, 0.15) is 6.61 Å². The van der Waals surface area contributed by atoms with Crippen molar-refractivity contribution in [2.45, 2.75) is 38.2 Å². The standard InChI is InChI=1S/C21H23F3N2O2/c22-21(23,24)15-28-14-17-10-8-16(9-11-17)13-25-20(27)26-12-4-7-19(26)18-5-2-1-3-6-18/h1-3,5-6,8-11,19H,4,7,12-15H2,(H,25,27). The Morgan fingerprint density at radius 1 is 1.07 bits per heavy atom. The predicted octanol–water partition coefficient (Wildman–Crippen LogP) is 4.81. The molecular weight excluding hydrogens is 369 g/mol. The summed E-state index contributed by atoms with van der Waals surface area (Å²) in [7, 11) is 0. The van der Waals surface area contributed by atoms with Crippen LogP contribution in [0.1, 0.15) is 35.6 Å². The smallest absolute Gasteiger partial charge is 0.367 e. The van der Waals surface area contributed by atoms with Crippen LogP contribution < -0.4 is 5.32 Å². The molecule has 150 valence electrons. The van der Waals surface area contributed by atoms with Crippen LogP contribution in [0.5, 0.6) is 0 Å². The minimum Gasteiger partial charge on any atom is -0.367 e. The van der Waals surface area contributed by atoms with E-state index < -0.39 is 12.8 Å². The van der Waals surface area contributed by atoms with Crippen LogP contribution in [0.4, 0.5) is 18.0 Å². The topological polar surface area (TPSA) is 41.6 Å². The number of halogens is 3. The van der Waals surface area contributed by atoms with Gasteiger partial charge in [0.05, 0.1) is 12.6 Å². The summed E-state index contributed by atoms with van der Waals surface area (Å²) in [6, 6.07) is 17.0. The van der Waals surface area contributed by atoms with Gasteiger partial charge in [-0.25, -0.2) is 4.79 Å². The fourth-order valence-corrected chi connectivity index (χ4v) is 3.35. The number of rotatable bonds is 6. The molecule has 1 atom stereocenters. The molecule has 0 aromatic heterocycles. The van der Waals surface area contributed by atoms with Gasteiger partial charge in [-0.3, -0.25) is 0 Å². The lowest BCUT2D eigenvalue weighted by molar-refractivity contribution is -0.176. The monoisotopic (exact) mass is 392 g/mol. The van der Waals surface area contributed by atoms with E-state index in [1.165, 1.54) is 0 Å². The molecule has 2 aromatic carbocycles. The van der Waals surface area contributed by atoms with Crippen LogP contribution in [-0.4, -0.2) is 30.3 Å². The quantitative estimate of drug-likeness (QED) is 0.766. The van der Waals surface area contributed by atoms with Crippen LogP contribution in [0, 0.1) is 0 Å². The lowest BCUT2D eigenvalue weighted by atomic mass is 10.1. The number of amides is 2. The molecule has 1 saturated heterocycles. The molecule has 1 N–H and O–H groups in total. The predicted molar refractivity (Wildman–Crippen MR) is 99.5 cm³/mol. The summed E-state index contributed by atoms with van der Waals surface area (Å²) in [6.45, 7) is -0.274. The van der Waals surface area contributed by atoms with Crippen molar-refractivity contribution in [2.75, 3.05) is 13.2 Å². The largest absolute Gasteiger partial charge is 0.411 e. The highest BCUT2D eigenvalue weighted by Gasteiger charge is 2.29. The average Bonchev–Trinajstić information content (AvgIpc) is 3.17. The Kier molecular flexibility index (Phi) is 6.57. The number of alkyl halides is 3. The second kappa shape index (κ2) is 9.10. The average molecular weight is 392 g/mol. The zero-order valence-corrected chi connectivity index (χ0v) is 15.4. The van der Waals surface area contributed by atoms with Crippen molar-refractivity contribution < 1.29 is 22.7 Å². The molecule has 1 aliphatic heterocycles. The van der Waals surface area contributed by atoms with Crippen LogP contribution in [0.3, 0.4) is 0 Å². The molecule has 0 spiro atoms. The van der Waals surface area contributed by atoms with E-state index in [1.54, 1.807) is 24.3 Å². The first-order chi connectivity index (χ1) is 13.4. The number of hydrogen-bond donors (Lipinski definition) is 1. The lowest BCUT2D eigenvalue weighted by Gasteiger charge is -2.25. The molecule has 0 bridgehead atoms. The molecule has 2 amide bonds. The van der Waals surface area contributed by atoms with E-state index in [2.05, 4.69) is 10.1 Å². The molecule has 2 aromatic rings. The van der Waals surface area contributed by atoms with Crippen LogP contribution in [0.25, 0.3) is 0 Å². The number of hydrogen-bond acceptors (Lipinski definition) is 2. The van der Waals surface area contributed by atoms with Crippen molar-refractivity contribution in [3.8, 4) is 0 Å². The molecular formula is C21H23F3N2O2. The van der Waals surface area contributed by atoms with E-state index >= 15 is 0 Å². The number of carbonyl (C=O) groups excluding carboxylic acids is 1. The van der Waals surface area contributed by atoms with Gasteiger partial charge in [-0.1, -0.05) is 54.6 Å². The maximum absolute atomic E-state index is 12.6. The molecule has 1 heterocycles. The van der Waals surface area contributed by atoms with Crippen molar-refractivity contribution in [3.63, 3.8) is 0 Å². The fraction of sp³-hybridized carbons (Fsp3) is 0.381. The Hall–Kier alpha value is -2.54. The first-order valence-corrected chi connectivity index (χ1v) is 9.24. The first-order valence-electron chi connectivity index (χ1n) is 9.24. The molecule has 3 rings (SSSR count). The highest BCUT2D eigenvalue weighted by atomic mass is 19.4. The van der Waals surface area contributed by atoms with E-state index in [1.807, 2.05) is 35.2 Å². The van der Waals surface area contributed by atoms with Crippen molar-refractivity contribution in [1.82, 2.24) is 10.2 Å². The number of nitrogens with one attached hydrogen (secondary N) is 1. The summed E-state index contributed by atoms with van der Waals surface area (Å²) >= 11 is 0. The van der Waals surface area contributed by atoms with Crippen LogP contribution in [0.15, 0.2) is 54.6 Å². The van der Waals surface area contributed by atoms with Crippen LogP contribution in [-0.2, 0) is 17.9 Å². The fourth-order valence-electron chi connectivity index (χ4n) is 3.35. The molecule has 1 aliphatic rings. The third kappa shape index (κ3) is 5.73. The number of carbonyl (C=O) groups is 1. The van der Waals surface area contributed by atoms with Crippen molar-refractivity contribution >= 4 is 6.03 Å². The van der Waals surface area contributed by atoms with Crippen molar-refractivity contribution in [3.05, 3.63) is 71.3 Å². The van der Waals surface area contributed by atoms with E-state index in [4.69, 9.17) is 0 Å². The number of benzene rings is 2. The molecule has 28 heavy (non-hydrogen) atoms. The van der Waals surface area contributed by atoms with E-state index in [9.17, 15) is 18.0 Å². The van der Waals surface area contributed by atoms with Gasteiger partial charge in [-0.2, -0.15) is 13.2 Å². The van der Waals surface area contributed by atoms with Gasteiger partial charge in [0.15, 0.2) is 0 Å². The maximum Gasteiger partial charge on any atom is 0.411 e. The Balaban J connectivity index is 1.49. The zero-order valence-electron chi connectivity index (χ0n) is 15.4. The summed E-state index contributed by atoms with van der Waals surface area (Å²) < 4.78 is 40.9. The summed E-state index contributed by atoms with van der Waals surface area (Å²) in [5.41, 5.74) is 2.67. The molecule has 7 heteroatoms. The van der Waals surface area contributed by atoms with Gasteiger partial charge in [-0.05, 0) is 29.5 Å². The highest BCUT2D eigenvalue weighted by molar-refractivity contribution is 5.75.